The van der Waals surface area contributed by atoms with Gasteiger partial charge >= 0.3 is 12.4 Å². The molecule has 0 aliphatic carbocycles. The Labute approximate surface area is 117 Å². The van der Waals surface area contributed by atoms with Crippen LogP contribution in [-0.2, 0) is 12.4 Å². The summed E-state index contributed by atoms with van der Waals surface area (Å²) in [5.74, 6) is 0. The molecule has 0 aliphatic rings. The van der Waals surface area contributed by atoms with Crippen LogP contribution in [0.1, 0.15) is 16.7 Å². The molecule has 0 fully saturated rings. The lowest BCUT2D eigenvalue weighted by Gasteiger charge is -2.18. The van der Waals surface area contributed by atoms with E-state index in [1.807, 2.05) is 0 Å². The minimum absolute atomic E-state index is 0.454. The van der Waals surface area contributed by atoms with Gasteiger partial charge in [0, 0.05) is 0 Å². The molecule has 0 saturated heterocycles. The molecule has 0 saturated carbocycles. The van der Waals surface area contributed by atoms with E-state index >= 15 is 0 Å². The molecular formula is C15H10F6. The monoisotopic (exact) mass is 304 g/mol. The van der Waals surface area contributed by atoms with E-state index in [0.717, 1.165) is 30.3 Å². The van der Waals surface area contributed by atoms with Crippen molar-refractivity contribution >= 4 is 0 Å². The topological polar surface area (TPSA) is 0 Å². The van der Waals surface area contributed by atoms with Crippen LogP contribution in [-0.4, -0.2) is 0 Å². The van der Waals surface area contributed by atoms with Gasteiger partial charge in [-0.3, -0.25) is 0 Å². The first-order chi connectivity index (χ1) is 9.60. The zero-order valence-electron chi connectivity index (χ0n) is 10.8. The van der Waals surface area contributed by atoms with Crippen LogP contribution in [0.15, 0.2) is 42.5 Å². The quantitative estimate of drug-likeness (QED) is 0.593. The van der Waals surface area contributed by atoms with Gasteiger partial charge in [-0.15, -0.1) is 0 Å². The number of aryl methyl sites for hydroxylation is 1. The molecule has 0 unspecified atom stereocenters. The lowest BCUT2D eigenvalue weighted by atomic mass is 9.93. The Bertz CT molecular complexity index is 652. The Morgan fingerprint density at radius 2 is 1.19 bits per heavy atom. The normalized spacial score (nSPS) is 12.5. The summed E-state index contributed by atoms with van der Waals surface area (Å²) in [6, 6.07) is 7.40. The highest BCUT2D eigenvalue weighted by molar-refractivity contribution is 5.72. The number of hydrogen-bond acceptors (Lipinski definition) is 0. The third kappa shape index (κ3) is 3.20. The second-order valence-electron chi connectivity index (χ2n) is 4.59. The zero-order chi connectivity index (χ0) is 15.8. The summed E-state index contributed by atoms with van der Waals surface area (Å²) in [5.41, 5.74) is -2.64. The van der Waals surface area contributed by atoms with E-state index in [0.29, 0.717) is 5.56 Å². The SMILES string of the molecule is Cc1ccc(C(F)(F)F)c(-c2ccccc2C(F)(F)F)c1. The average molecular weight is 304 g/mol. The third-order valence-electron chi connectivity index (χ3n) is 3.00. The van der Waals surface area contributed by atoms with Gasteiger partial charge in [-0.2, -0.15) is 26.3 Å². The summed E-state index contributed by atoms with van der Waals surface area (Å²) in [5, 5.41) is 0. The van der Waals surface area contributed by atoms with Crippen molar-refractivity contribution in [3.05, 3.63) is 59.2 Å². The molecular weight excluding hydrogens is 294 g/mol. The number of alkyl halides is 6. The summed E-state index contributed by atoms with van der Waals surface area (Å²) in [4.78, 5) is 0. The standard InChI is InChI=1S/C15H10F6/c1-9-6-7-13(15(19,20)21)11(8-9)10-4-2-3-5-12(10)14(16,17)18/h2-8H,1H3. The van der Waals surface area contributed by atoms with E-state index in [1.165, 1.54) is 19.1 Å². The maximum atomic E-state index is 13.0. The van der Waals surface area contributed by atoms with Crippen molar-refractivity contribution in [1.29, 1.82) is 0 Å². The third-order valence-corrected chi connectivity index (χ3v) is 3.00. The van der Waals surface area contributed by atoms with E-state index < -0.39 is 34.6 Å². The molecule has 2 aromatic rings. The molecule has 21 heavy (non-hydrogen) atoms. The molecule has 2 aromatic carbocycles. The molecule has 0 aromatic heterocycles. The van der Waals surface area contributed by atoms with E-state index in [2.05, 4.69) is 0 Å². The van der Waals surface area contributed by atoms with Crippen molar-refractivity contribution in [1.82, 2.24) is 0 Å². The van der Waals surface area contributed by atoms with Gasteiger partial charge in [-0.05, 0) is 30.2 Å². The van der Waals surface area contributed by atoms with Crippen LogP contribution in [0.5, 0.6) is 0 Å². The second kappa shape index (κ2) is 5.09. The molecule has 0 spiro atoms. The Morgan fingerprint density at radius 1 is 0.667 bits per heavy atom. The zero-order valence-corrected chi connectivity index (χ0v) is 10.8. The minimum atomic E-state index is -4.72. The molecule has 2 rings (SSSR count). The first kappa shape index (κ1) is 15.4. The van der Waals surface area contributed by atoms with Gasteiger partial charge in [0.2, 0.25) is 0 Å². The Kier molecular flexibility index (Phi) is 3.74. The highest BCUT2D eigenvalue weighted by atomic mass is 19.4. The van der Waals surface area contributed by atoms with Crippen molar-refractivity contribution in [2.75, 3.05) is 0 Å². The van der Waals surface area contributed by atoms with Gasteiger partial charge < -0.3 is 0 Å². The van der Waals surface area contributed by atoms with Crippen LogP contribution in [0.4, 0.5) is 26.3 Å². The van der Waals surface area contributed by atoms with Crippen molar-refractivity contribution in [2.45, 2.75) is 19.3 Å². The van der Waals surface area contributed by atoms with Gasteiger partial charge in [-0.1, -0.05) is 35.9 Å². The Hall–Kier alpha value is -1.98. The molecule has 0 aliphatic heterocycles. The van der Waals surface area contributed by atoms with Crippen LogP contribution in [0.3, 0.4) is 0 Å². The first-order valence-electron chi connectivity index (χ1n) is 5.95. The fourth-order valence-electron chi connectivity index (χ4n) is 2.09. The lowest BCUT2D eigenvalue weighted by Crippen LogP contribution is -2.11. The van der Waals surface area contributed by atoms with Gasteiger partial charge in [0.25, 0.3) is 0 Å². The van der Waals surface area contributed by atoms with Crippen LogP contribution in [0.25, 0.3) is 11.1 Å². The van der Waals surface area contributed by atoms with Crippen LogP contribution in [0.2, 0.25) is 0 Å². The maximum absolute atomic E-state index is 13.0. The molecule has 0 radical (unpaired) electrons. The fraction of sp³-hybridized carbons (Fsp3) is 0.200. The van der Waals surface area contributed by atoms with E-state index in [-0.39, 0.29) is 0 Å². The highest BCUT2D eigenvalue weighted by Crippen LogP contribution is 2.42. The van der Waals surface area contributed by atoms with Gasteiger partial charge in [0.05, 0.1) is 11.1 Å². The molecule has 0 atom stereocenters. The van der Waals surface area contributed by atoms with E-state index in [9.17, 15) is 26.3 Å². The Morgan fingerprint density at radius 3 is 1.76 bits per heavy atom. The lowest BCUT2D eigenvalue weighted by molar-refractivity contribution is -0.139. The van der Waals surface area contributed by atoms with Crippen molar-refractivity contribution in [3.63, 3.8) is 0 Å². The summed E-state index contributed by atoms with van der Waals surface area (Å²) in [7, 11) is 0. The second-order valence-corrected chi connectivity index (χ2v) is 4.59. The van der Waals surface area contributed by atoms with E-state index in [4.69, 9.17) is 0 Å². The fourth-order valence-corrected chi connectivity index (χ4v) is 2.09. The highest BCUT2D eigenvalue weighted by Gasteiger charge is 2.38. The summed E-state index contributed by atoms with van der Waals surface area (Å²) >= 11 is 0. The number of hydrogen-bond donors (Lipinski definition) is 0. The smallest absolute Gasteiger partial charge is 0.166 e. The molecule has 6 heteroatoms. The largest absolute Gasteiger partial charge is 0.417 e. The number of halogens is 6. The maximum Gasteiger partial charge on any atom is 0.417 e. The molecule has 0 bridgehead atoms. The molecule has 112 valence electrons. The summed E-state index contributed by atoms with van der Waals surface area (Å²) in [6.45, 7) is 1.53. The van der Waals surface area contributed by atoms with E-state index in [1.54, 1.807) is 0 Å². The van der Waals surface area contributed by atoms with Crippen molar-refractivity contribution in [3.8, 4) is 11.1 Å². The summed E-state index contributed by atoms with van der Waals surface area (Å²) in [6.07, 6.45) is -9.44. The average Bonchev–Trinajstić information content (AvgIpc) is 2.36. The van der Waals surface area contributed by atoms with Gasteiger partial charge in [0.15, 0.2) is 0 Å². The van der Waals surface area contributed by atoms with Crippen LogP contribution >= 0.6 is 0 Å². The predicted molar refractivity (Wildman–Crippen MR) is 66.6 cm³/mol. The van der Waals surface area contributed by atoms with Gasteiger partial charge in [-0.25, -0.2) is 0 Å². The summed E-state index contributed by atoms with van der Waals surface area (Å²) < 4.78 is 78.0. The van der Waals surface area contributed by atoms with Crippen molar-refractivity contribution < 1.29 is 26.3 Å². The molecule has 0 amide bonds. The number of rotatable bonds is 1. The Balaban J connectivity index is 2.77. The molecule has 0 N–H and O–H groups in total. The van der Waals surface area contributed by atoms with Crippen LogP contribution in [0, 0.1) is 6.92 Å². The number of benzene rings is 2. The molecule has 0 heterocycles. The van der Waals surface area contributed by atoms with Crippen molar-refractivity contribution in [2.24, 2.45) is 0 Å². The minimum Gasteiger partial charge on any atom is -0.166 e. The molecule has 0 nitrogen and oxygen atoms in total. The van der Waals surface area contributed by atoms with Crippen LogP contribution < -0.4 is 0 Å². The van der Waals surface area contributed by atoms with Gasteiger partial charge in [0.1, 0.15) is 0 Å². The predicted octanol–water partition coefficient (Wildman–Crippen LogP) is 5.70. The first-order valence-corrected chi connectivity index (χ1v) is 5.95.